The van der Waals surface area contributed by atoms with Gasteiger partial charge in [-0.2, -0.15) is 0 Å². The molecule has 2 aromatic carbocycles. The molecule has 128 valence electrons. The number of carbonyl (C=O) groups excluding carboxylic acids is 1. The first-order valence-corrected chi connectivity index (χ1v) is 8.20. The molecule has 6 heteroatoms. The van der Waals surface area contributed by atoms with Gasteiger partial charge in [0.15, 0.2) is 0 Å². The van der Waals surface area contributed by atoms with Gasteiger partial charge in [0.25, 0.3) is 0 Å². The molecule has 0 aromatic heterocycles. The maximum Gasteiger partial charge on any atom is 0.322 e. The zero-order chi connectivity index (χ0) is 17.5. The van der Waals surface area contributed by atoms with Crippen molar-refractivity contribution in [1.82, 2.24) is 0 Å². The van der Waals surface area contributed by atoms with Gasteiger partial charge in [0.1, 0.15) is 24.1 Å². The number of nitrogens with two attached hydrogens (primary N) is 1. The van der Waals surface area contributed by atoms with Crippen LogP contribution < -0.4 is 15.2 Å². The second-order valence-electron chi connectivity index (χ2n) is 5.23. The van der Waals surface area contributed by atoms with E-state index >= 15 is 0 Å². The lowest BCUT2D eigenvalue weighted by Crippen LogP contribution is -2.33. The summed E-state index contributed by atoms with van der Waals surface area (Å²) in [5, 5.41) is 0. The van der Waals surface area contributed by atoms with Crippen LogP contribution in [0.3, 0.4) is 0 Å². The Morgan fingerprint density at radius 3 is 2.67 bits per heavy atom. The van der Waals surface area contributed by atoms with Crippen molar-refractivity contribution in [3.05, 3.63) is 58.1 Å². The van der Waals surface area contributed by atoms with E-state index in [9.17, 15) is 4.79 Å². The molecular weight excluding hydrogens is 374 g/mol. The zero-order valence-corrected chi connectivity index (χ0v) is 15.2. The average Bonchev–Trinajstić information content (AvgIpc) is 2.59. The molecule has 24 heavy (non-hydrogen) atoms. The van der Waals surface area contributed by atoms with Crippen LogP contribution in [0.4, 0.5) is 0 Å². The van der Waals surface area contributed by atoms with Gasteiger partial charge >= 0.3 is 5.97 Å². The third-order valence-corrected chi connectivity index (χ3v) is 3.99. The van der Waals surface area contributed by atoms with E-state index in [4.69, 9.17) is 15.2 Å². The molecule has 1 atom stereocenters. The van der Waals surface area contributed by atoms with Crippen LogP contribution in [0.5, 0.6) is 11.5 Å². The number of benzene rings is 2. The van der Waals surface area contributed by atoms with Crippen molar-refractivity contribution in [2.24, 2.45) is 5.73 Å². The Bertz CT molecular complexity index is 705. The highest BCUT2D eigenvalue weighted by Gasteiger charge is 2.15. The highest BCUT2D eigenvalue weighted by Crippen LogP contribution is 2.24. The van der Waals surface area contributed by atoms with Crippen LogP contribution in [0.25, 0.3) is 0 Å². The largest absolute Gasteiger partial charge is 0.496 e. The number of ether oxygens (including phenoxy) is 3. The lowest BCUT2D eigenvalue weighted by molar-refractivity contribution is -0.142. The van der Waals surface area contributed by atoms with Gasteiger partial charge in [0.05, 0.1) is 14.2 Å². The molecule has 1 unspecified atom stereocenters. The fourth-order valence-electron chi connectivity index (χ4n) is 2.28. The second kappa shape index (κ2) is 8.70. The van der Waals surface area contributed by atoms with Gasteiger partial charge in [0, 0.05) is 10.0 Å². The highest BCUT2D eigenvalue weighted by molar-refractivity contribution is 9.10. The number of hydrogen-bond acceptors (Lipinski definition) is 5. The van der Waals surface area contributed by atoms with Gasteiger partial charge in [-0.3, -0.25) is 4.79 Å². The number of methoxy groups -OCH3 is 2. The molecule has 2 rings (SSSR count). The van der Waals surface area contributed by atoms with Crippen molar-refractivity contribution in [1.29, 1.82) is 0 Å². The highest BCUT2D eigenvalue weighted by atomic mass is 79.9. The SMILES string of the molecule is COC(=O)C(N)Cc1ccc(OC)c(COc2cccc(Br)c2)c1. The summed E-state index contributed by atoms with van der Waals surface area (Å²) < 4.78 is 16.8. The van der Waals surface area contributed by atoms with Gasteiger partial charge in [-0.15, -0.1) is 0 Å². The number of esters is 1. The van der Waals surface area contributed by atoms with Crippen molar-refractivity contribution >= 4 is 21.9 Å². The third kappa shape index (κ3) is 4.97. The van der Waals surface area contributed by atoms with Gasteiger partial charge in [-0.25, -0.2) is 0 Å². The lowest BCUT2D eigenvalue weighted by atomic mass is 10.0. The Hall–Kier alpha value is -2.05. The summed E-state index contributed by atoms with van der Waals surface area (Å²) in [6.45, 7) is 0.348. The zero-order valence-electron chi connectivity index (χ0n) is 13.6. The quantitative estimate of drug-likeness (QED) is 0.731. The molecule has 0 spiro atoms. The molecule has 0 aliphatic heterocycles. The van der Waals surface area contributed by atoms with E-state index in [2.05, 4.69) is 20.7 Å². The molecule has 2 N–H and O–H groups in total. The molecule has 0 bridgehead atoms. The fourth-order valence-corrected chi connectivity index (χ4v) is 2.66. The molecule has 0 saturated heterocycles. The molecule has 0 radical (unpaired) electrons. The first-order valence-electron chi connectivity index (χ1n) is 7.41. The van der Waals surface area contributed by atoms with Crippen LogP contribution in [-0.2, 0) is 22.6 Å². The second-order valence-corrected chi connectivity index (χ2v) is 6.14. The molecule has 0 aliphatic carbocycles. The van der Waals surface area contributed by atoms with E-state index in [1.165, 1.54) is 7.11 Å². The minimum atomic E-state index is -0.692. The Morgan fingerprint density at radius 1 is 1.21 bits per heavy atom. The van der Waals surface area contributed by atoms with Crippen LogP contribution in [0, 0.1) is 0 Å². The Balaban J connectivity index is 2.12. The Labute approximate surface area is 149 Å². The number of hydrogen-bond donors (Lipinski definition) is 1. The van der Waals surface area contributed by atoms with Crippen LogP contribution in [0.15, 0.2) is 46.9 Å². The Morgan fingerprint density at radius 2 is 2.00 bits per heavy atom. The summed E-state index contributed by atoms with van der Waals surface area (Å²) >= 11 is 3.41. The van der Waals surface area contributed by atoms with Crippen molar-refractivity contribution in [2.75, 3.05) is 14.2 Å². The molecule has 0 saturated carbocycles. The van der Waals surface area contributed by atoms with E-state index < -0.39 is 12.0 Å². The minimum Gasteiger partial charge on any atom is -0.496 e. The normalized spacial score (nSPS) is 11.7. The first-order chi connectivity index (χ1) is 11.5. The van der Waals surface area contributed by atoms with Gasteiger partial charge in [-0.05, 0) is 42.3 Å². The van der Waals surface area contributed by atoms with Crippen LogP contribution in [-0.4, -0.2) is 26.2 Å². The molecule has 5 nitrogen and oxygen atoms in total. The van der Waals surface area contributed by atoms with Crippen molar-refractivity contribution in [2.45, 2.75) is 19.1 Å². The van der Waals surface area contributed by atoms with Crippen LogP contribution in [0.1, 0.15) is 11.1 Å². The van der Waals surface area contributed by atoms with Crippen LogP contribution in [0.2, 0.25) is 0 Å². The molecular formula is C18H20BrNO4. The summed E-state index contributed by atoms with van der Waals surface area (Å²) in [4.78, 5) is 11.5. The summed E-state index contributed by atoms with van der Waals surface area (Å²) in [5.41, 5.74) is 7.62. The summed E-state index contributed by atoms with van der Waals surface area (Å²) in [6, 6.07) is 12.6. The maximum absolute atomic E-state index is 11.5. The minimum absolute atomic E-state index is 0.348. The number of rotatable bonds is 7. The summed E-state index contributed by atoms with van der Waals surface area (Å²) in [7, 11) is 2.94. The van der Waals surface area contributed by atoms with Crippen molar-refractivity contribution in [3.63, 3.8) is 0 Å². The predicted octanol–water partition coefficient (Wildman–Crippen LogP) is 3.08. The van der Waals surface area contributed by atoms with Gasteiger partial charge in [-0.1, -0.05) is 28.1 Å². The molecule has 0 heterocycles. The topological polar surface area (TPSA) is 70.8 Å². The average molecular weight is 394 g/mol. The van der Waals surface area contributed by atoms with E-state index in [1.807, 2.05) is 42.5 Å². The van der Waals surface area contributed by atoms with E-state index in [-0.39, 0.29) is 0 Å². The number of carbonyl (C=O) groups is 1. The fraction of sp³-hybridized carbons (Fsp3) is 0.278. The molecule has 0 amide bonds. The lowest BCUT2D eigenvalue weighted by Gasteiger charge is -2.14. The molecule has 0 fully saturated rings. The number of halogens is 1. The monoisotopic (exact) mass is 393 g/mol. The maximum atomic E-state index is 11.5. The summed E-state index contributed by atoms with van der Waals surface area (Å²) in [5.74, 6) is 1.04. The smallest absolute Gasteiger partial charge is 0.322 e. The Kier molecular flexibility index (Phi) is 6.63. The van der Waals surface area contributed by atoms with Gasteiger partial charge < -0.3 is 19.9 Å². The van der Waals surface area contributed by atoms with E-state index in [0.717, 1.165) is 27.1 Å². The standard InChI is InChI=1S/C18H20BrNO4/c1-22-17-7-6-12(9-16(20)18(21)23-2)8-13(17)11-24-15-5-3-4-14(19)10-15/h3-8,10,16H,9,11,20H2,1-2H3. The van der Waals surface area contributed by atoms with Gasteiger partial charge in [0.2, 0.25) is 0 Å². The van der Waals surface area contributed by atoms with Crippen LogP contribution >= 0.6 is 15.9 Å². The van der Waals surface area contributed by atoms with Crippen molar-refractivity contribution < 1.29 is 19.0 Å². The first kappa shape index (κ1) is 18.3. The third-order valence-electron chi connectivity index (χ3n) is 3.49. The summed E-state index contributed by atoms with van der Waals surface area (Å²) in [6.07, 6.45) is 0.389. The van der Waals surface area contributed by atoms with E-state index in [0.29, 0.717) is 13.0 Å². The van der Waals surface area contributed by atoms with Crippen molar-refractivity contribution in [3.8, 4) is 11.5 Å². The van der Waals surface area contributed by atoms with E-state index in [1.54, 1.807) is 7.11 Å². The molecule has 2 aromatic rings. The molecule has 0 aliphatic rings. The predicted molar refractivity (Wildman–Crippen MR) is 95.2 cm³/mol.